The first-order valence-electron chi connectivity index (χ1n) is 11.3. The number of nitrogens with two attached hydrogens (primary N) is 1. The summed E-state index contributed by atoms with van der Waals surface area (Å²) in [4.78, 5) is 39.2. The summed E-state index contributed by atoms with van der Waals surface area (Å²) in [7, 11) is 0. The smallest absolute Gasteiger partial charge is 0.328 e. The van der Waals surface area contributed by atoms with E-state index in [1.54, 1.807) is 0 Å². The summed E-state index contributed by atoms with van der Waals surface area (Å²) < 4.78 is 40.2. The van der Waals surface area contributed by atoms with E-state index in [0.717, 1.165) is 31.4 Å². The molecule has 2 aliphatic heterocycles. The van der Waals surface area contributed by atoms with Gasteiger partial charge in [-0.2, -0.15) is 0 Å². The highest BCUT2D eigenvalue weighted by atomic mass is 19.2. The lowest BCUT2D eigenvalue weighted by Gasteiger charge is -2.26. The van der Waals surface area contributed by atoms with Gasteiger partial charge in [-0.3, -0.25) is 4.79 Å². The number of carbonyl (C=O) groups is 3. The molecule has 0 spiro atoms. The predicted octanol–water partition coefficient (Wildman–Crippen LogP) is 2.14. The van der Waals surface area contributed by atoms with Crippen molar-refractivity contribution in [1.82, 2.24) is 9.88 Å². The van der Waals surface area contributed by atoms with Crippen LogP contribution in [0.4, 0.5) is 19.0 Å². The standard InChI is InChI=1S/C20H23F3N4O.C4H4O4/c21-15-9-17(23)16(22)7-13(15)6-14(24)8-20(28)27-5-3-12-10-26(11-18(12)27)19-2-1-4-25-19;5-3(6)1-2-4(7)8/h1-2,4,7,9,12,14,18,25H,3,5-6,8,10-11,24H2;1-2H,(H,5,6)(H,7,8)/t12-,14+,18+;/m0./s1. The Morgan fingerprint density at radius 3 is 2.36 bits per heavy atom. The van der Waals surface area contributed by atoms with Crippen LogP contribution in [-0.2, 0) is 20.8 Å². The topological polar surface area (TPSA) is 140 Å². The van der Waals surface area contributed by atoms with Gasteiger partial charge in [0.15, 0.2) is 11.6 Å². The molecule has 12 heteroatoms. The Labute approximate surface area is 205 Å². The number of aromatic nitrogens is 1. The van der Waals surface area contributed by atoms with Crippen LogP contribution in [0.25, 0.3) is 0 Å². The van der Waals surface area contributed by atoms with Gasteiger partial charge in [0.05, 0.1) is 6.04 Å². The Morgan fingerprint density at radius 1 is 1.08 bits per heavy atom. The summed E-state index contributed by atoms with van der Waals surface area (Å²) in [5.41, 5.74) is 6.01. The number of carboxylic acids is 2. The number of aromatic amines is 1. The maximum Gasteiger partial charge on any atom is 0.328 e. The number of hydrogen-bond acceptors (Lipinski definition) is 5. The molecular weight excluding hydrogens is 481 g/mol. The number of likely N-dealkylation sites (tertiary alicyclic amines) is 1. The minimum atomic E-state index is -1.26. The van der Waals surface area contributed by atoms with E-state index in [2.05, 4.69) is 9.88 Å². The third kappa shape index (κ3) is 6.87. The fourth-order valence-corrected chi connectivity index (χ4v) is 4.54. The first-order chi connectivity index (χ1) is 17.0. The number of rotatable bonds is 7. The molecule has 0 unspecified atom stereocenters. The van der Waals surface area contributed by atoms with Crippen LogP contribution < -0.4 is 10.6 Å². The molecule has 1 amide bonds. The van der Waals surface area contributed by atoms with Gasteiger partial charge in [-0.15, -0.1) is 0 Å². The lowest BCUT2D eigenvalue weighted by atomic mass is 10.0. The normalized spacial score (nSPS) is 19.7. The Morgan fingerprint density at radius 2 is 1.75 bits per heavy atom. The Hall–Kier alpha value is -3.80. The fraction of sp³-hybridized carbons (Fsp3) is 0.375. The van der Waals surface area contributed by atoms with Gasteiger partial charge in [-0.05, 0) is 36.6 Å². The van der Waals surface area contributed by atoms with Crippen molar-refractivity contribution in [3.05, 3.63) is 65.6 Å². The summed E-state index contributed by atoms with van der Waals surface area (Å²) >= 11 is 0. The number of benzene rings is 1. The lowest BCUT2D eigenvalue weighted by molar-refractivity contribution is -0.134. The number of carboxylic acid groups (broad SMARTS) is 2. The molecule has 1 aromatic heterocycles. The molecular formula is C24H27F3N4O5. The van der Waals surface area contributed by atoms with E-state index in [1.165, 1.54) is 0 Å². The van der Waals surface area contributed by atoms with E-state index < -0.39 is 35.4 Å². The SMILES string of the molecule is N[C@@H](CC(=O)N1CC[C@H]2CN(c3ccc[nH]3)C[C@H]21)Cc1cc(F)c(F)cc1F.O=C(O)C=CC(=O)O. The molecule has 5 N–H and O–H groups in total. The van der Waals surface area contributed by atoms with Gasteiger partial charge in [0.1, 0.15) is 11.6 Å². The molecule has 2 fully saturated rings. The Kier molecular flexibility index (Phi) is 8.75. The number of carbonyl (C=O) groups excluding carboxylic acids is 1. The third-order valence-electron chi connectivity index (χ3n) is 6.17. The zero-order valence-corrected chi connectivity index (χ0v) is 19.2. The van der Waals surface area contributed by atoms with Crippen LogP contribution in [0.1, 0.15) is 18.4 Å². The number of nitrogens with one attached hydrogen (secondary N) is 1. The second kappa shape index (κ2) is 11.8. The van der Waals surface area contributed by atoms with Crippen LogP contribution in [0.15, 0.2) is 42.6 Å². The minimum absolute atomic E-state index is 0.0164. The number of fused-ring (bicyclic) bond motifs is 1. The lowest BCUT2D eigenvalue weighted by Crippen LogP contribution is -2.42. The zero-order chi connectivity index (χ0) is 26.4. The van der Waals surface area contributed by atoms with Gasteiger partial charge in [0, 0.05) is 62.4 Å². The molecule has 0 aliphatic carbocycles. The quantitative estimate of drug-likeness (QED) is 0.332. The van der Waals surface area contributed by atoms with Crippen molar-refractivity contribution in [3.8, 4) is 0 Å². The number of hydrogen-bond donors (Lipinski definition) is 4. The van der Waals surface area contributed by atoms with Crippen molar-refractivity contribution < 1.29 is 37.8 Å². The number of amides is 1. The molecule has 1 aromatic carbocycles. The molecule has 194 valence electrons. The monoisotopic (exact) mass is 508 g/mol. The highest BCUT2D eigenvalue weighted by molar-refractivity contribution is 5.89. The predicted molar refractivity (Wildman–Crippen MR) is 124 cm³/mol. The van der Waals surface area contributed by atoms with Gasteiger partial charge in [-0.25, -0.2) is 22.8 Å². The number of aliphatic carboxylic acids is 2. The number of nitrogens with zero attached hydrogens (tertiary/aromatic N) is 2. The number of halogens is 3. The van der Waals surface area contributed by atoms with Crippen LogP contribution in [0.5, 0.6) is 0 Å². The van der Waals surface area contributed by atoms with Gasteiger partial charge >= 0.3 is 11.9 Å². The van der Waals surface area contributed by atoms with Crippen molar-refractivity contribution >= 4 is 23.7 Å². The summed E-state index contributed by atoms with van der Waals surface area (Å²) in [6, 6.07) is 4.77. The molecule has 0 saturated carbocycles. The maximum absolute atomic E-state index is 13.8. The molecule has 2 aliphatic rings. The number of anilines is 1. The van der Waals surface area contributed by atoms with Crippen LogP contribution in [-0.4, -0.2) is 69.7 Å². The van der Waals surface area contributed by atoms with Crippen molar-refractivity contribution in [2.45, 2.75) is 31.3 Å². The van der Waals surface area contributed by atoms with E-state index >= 15 is 0 Å². The average Bonchev–Trinajstić information content (AvgIpc) is 3.53. The number of H-pyrrole nitrogens is 1. The first-order valence-corrected chi connectivity index (χ1v) is 11.3. The second-order valence-electron chi connectivity index (χ2n) is 8.70. The Bertz CT molecular complexity index is 1110. The van der Waals surface area contributed by atoms with Crippen LogP contribution in [0, 0.1) is 23.4 Å². The minimum Gasteiger partial charge on any atom is -0.478 e. The van der Waals surface area contributed by atoms with E-state index in [-0.39, 0.29) is 30.4 Å². The molecule has 3 heterocycles. The first kappa shape index (κ1) is 26.8. The average molecular weight is 508 g/mol. The van der Waals surface area contributed by atoms with Crippen molar-refractivity contribution in [1.29, 1.82) is 0 Å². The Balaban J connectivity index is 0.000000392. The summed E-state index contributed by atoms with van der Waals surface area (Å²) in [6.07, 6.45) is 3.96. The summed E-state index contributed by atoms with van der Waals surface area (Å²) in [5, 5.41) is 15.6. The van der Waals surface area contributed by atoms with E-state index in [0.29, 0.717) is 30.7 Å². The van der Waals surface area contributed by atoms with Crippen LogP contribution in [0.3, 0.4) is 0 Å². The molecule has 4 rings (SSSR count). The molecule has 36 heavy (non-hydrogen) atoms. The van der Waals surface area contributed by atoms with Gasteiger partial charge < -0.3 is 30.7 Å². The third-order valence-corrected chi connectivity index (χ3v) is 6.17. The molecule has 2 saturated heterocycles. The maximum atomic E-state index is 13.8. The van der Waals surface area contributed by atoms with Crippen LogP contribution in [0.2, 0.25) is 0 Å². The van der Waals surface area contributed by atoms with Crippen LogP contribution >= 0.6 is 0 Å². The highest BCUT2D eigenvalue weighted by Crippen LogP contribution is 2.34. The van der Waals surface area contributed by atoms with E-state index in [9.17, 15) is 27.6 Å². The molecule has 2 aromatic rings. The van der Waals surface area contributed by atoms with Gasteiger partial charge in [0.25, 0.3) is 0 Å². The molecule has 9 nitrogen and oxygen atoms in total. The summed E-state index contributed by atoms with van der Waals surface area (Å²) in [6.45, 7) is 2.37. The fourth-order valence-electron chi connectivity index (χ4n) is 4.54. The summed E-state index contributed by atoms with van der Waals surface area (Å²) in [5.74, 6) is -4.31. The molecule has 3 atom stereocenters. The van der Waals surface area contributed by atoms with Crippen molar-refractivity contribution in [3.63, 3.8) is 0 Å². The van der Waals surface area contributed by atoms with Gasteiger partial charge in [-0.1, -0.05) is 0 Å². The molecule has 0 radical (unpaired) electrons. The second-order valence-corrected chi connectivity index (χ2v) is 8.70. The van der Waals surface area contributed by atoms with Crippen molar-refractivity contribution in [2.75, 3.05) is 24.5 Å². The van der Waals surface area contributed by atoms with Crippen molar-refractivity contribution in [2.24, 2.45) is 11.7 Å². The van der Waals surface area contributed by atoms with Gasteiger partial charge in [0.2, 0.25) is 5.91 Å². The highest BCUT2D eigenvalue weighted by Gasteiger charge is 2.43. The zero-order valence-electron chi connectivity index (χ0n) is 19.2. The van der Waals surface area contributed by atoms with E-state index in [4.69, 9.17) is 15.9 Å². The molecule has 0 bridgehead atoms. The van der Waals surface area contributed by atoms with E-state index in [1.807, 2.05) is 23.2 Å². The largest absolute Gasteiger partial charge is 0.478 e.